The number of nitrogens with two attached hydrogens (primary N) is 1. The first-order valence-electron chi connectivity index (χ1n) is 6.55. The Morgan fingerprint density at radius 2 is 1.95 bits per heavy atom. The Morgan fingerprint density at radius 3 is 2.43 bits per heavy atom. The number of rotatable bonds is 6. The molecule has 0 aromatic rings. The molecule has 9 heteroatoms. The minimum Gasteiger partial charge on any atom is -0.394 e. The molecule has 21 heavy (non-hydrogen) atoms. The summed E-state index contributed by atoms with van der Waals surface area (Å²) in [7, 11) is 0. The zero-order valence-corrected chi connectivity index (χ0v) is 11.9. The number of hydrogen-bond donors (Lipinski definition) is 5. The molecule has 5 unspecified atom stereocenters. The van der Waals surface area contributed by atoms with E-state index in [1.165, 1.54) is 13.8 Å². The smallest absolute Gasteiger partial charge is 0.217 e. The Kier molecular flexibility index (Phi) is 6.65. The highest BCUT2D eigenvalue weighted by atomic mass is 16.7. The largest absolute Gasteiger partial charge is 0.394 e. The molecule has 1 saturated heterocycles. The zero-order chi connectivity index (χ0) is 16.2. The minimum absolute atomic E-state index is 0.183. The van der Waals surface area contributed by atoms with E-state index in [9.17, 15) is 19.8 Å². The summed E-state index contributed by atoms with van der Waals surface area (Å²) < 4.78 is 10.6. The number of carbonyl (C=O) groups excluding carboxylic acids is 2. The first-order chi connectivity index (χ1) is 9.77. The number of aliphatic hydroxyl groups is 3. The summed E-state index contributed by atoms with van der Waals surface area (Å²) in [6, 6.07) is -1.91. The van der Waals surface area contributed by atoms with E-state index in [1.807, 2.05) is 0 Å². The van der Waals surface area contributed by atoms with E-state index in [-0.39, 0.29) is 12.4 Å². The first kappa shape index (κ1) is 18.0. The van der Waals surface area contributed by atoms with E-state index >= 15 is 0 Å². The summed E-state index contributed by atoms with van der Waals surface area (Å²) >= 11 is 0. The highest BCUT2D eigenvalue weighted by Gasteiger charge is 2.45. The molecule has 1 fully saturated rings. The fourth-order valence-electron chi connectivity index (χ4n) is 1.93. The van der Waals surface area contributed by atoms with Crippen LogP contribution < -0.4 is 11.1 Å². The number of nitrogens with one attached hydrogen (secondary N) is 1. The summed E-state index contributed by atoms with van der Waals surface area (Å²) in [5.74, 6) is -0.747. The van der Waals surface area contributed by atoms with Crippen molar-refractivity contribution >= 4 is 11.7 Å². The number of Topliss-reactive ketones (excluding diaryl/α,β-unsaturated/α-hetero) is 1. The predicted octanol–water partition coefficient (Wildman–Crippen LogP) is -3.14. The molecule has 1 rings (SSSR count). The average Bonchev–Trinajstić information content (AvgIpc) is 2.42. The fourth-order valence-corrected chi connectivity index (χ4v) is 1.93. The van der Waals surface area contributed by atoms with Gasteiger partial charge < -0.3 is 35.8 Å². The Bertz CT molecular complexity index is 379. The van der Waals surface area contributed by atoms with Crippen molar-refractivity contribution in [2.24, 2.45) is 5.73 Å². The van der Waals surface area contributed by atoms with Gasteiger partial charge in [0.1, 0.15) is 30.1 Å². The lowest BCUT2D eigenvalue weighted by Gasteiger charge is -2.42. The van der Waals surface area contributed by atoms with Gasteiger partial charge in [-0.3, -0.25) is 9.59 Å². The van der Waals surface area contributed by atoms with Crippen molar-refractivity contribution in [2.75, 3.05) is 13.2 Å². The molecular weight excluding hydrogens is 284 g/mol. The lowest BCUT2D eigenvalue weighted by Crippen LogP contribution is -2.64. The van der Waals surface area contributed by atoms with Crippen LogP contribution in [0.2, 0.25) is 0 Å². The minimum atomic E-state index is -1.39. The summed E-state index contributed by atoms with van der Waals surface area (Å²) in [5.41, 5.74) is 5.53. The second-order valence-corrected chi connectivity index (χ2v) is 4.98. The van der Waals surface area contributed by atoms with E-state index in [0.29, 0.717) is 0 Å². The third-order valence-corrected chi connectivity index (χ3v) is 3.21. The summed E-state index contributed by atoms with van der Waals surface area (Å²) in [6.45, 7) is 1.81. The zero-order valence-electron chi connectivity index (χ0n) is 11.9. The number of ether oxygens (including phenoxy) is 2. The van der Waals surface area contributed by atoms with Crippen LogP contribution in [0.15, 0.2) is 0 Å². The van der Waals surface area contributed by atoms with Gasteiger partial charge in [0.2, 0.25) is 5.91 Å². The number of aliphatic hydroxyl groups excluding tert-OH is 3. The summed E-state index contributed by atoms with van der Waals surface area (Å²) in [5, 5.41) is 31.3. The van der Waals surface area contributed by atoms with Crippen molar-refractivity contribution in [3.05, 3.63) is 0 Å². The van der Waals surface area contributed by atoms with Crippen LogP contribution in [0.1, 0.15) is 13.8 Å². The van der Waals surface area contributed by atoms with Crippen LogP contribution in [0.4, 0.5) is 0 Å². The van der Waals surface area contributed by atoms with Crippen LogP contribution in [-0.4, -0.2) is 76.9 Å². The van der Waals surface area contributed by atoms with E-state index in [0.717, 1.165) is 0 Å². The molecule has 6 N–H and O–H groups in total. The molecule has 0 aromatic carbocycles. The van der Waals surface area contributed by atoms with E-state index in [1.54, 1.807) is 0 Å². The van der Waals surface area contributed by atoms with Gasteiger partial charge in [-0.15, -0.1) is 0 Å². The van der Waals surface area contributed by atoms with Crippen LogP contribution in [-0.2, 0) is 19.1 Å². The van der Waals surface area contributed by atoms with E-state index < -0.39 is 49.2 Å². The van der Waals surface area contributed by atoms with E-state index in [4.69, 9.17) is 20.3 Å². The topological polar surface area (TPSA) is 151 Å². The predicted molar refractivity (Wildman–Crippen MR) is 70.0 cm³/mol. The molecule has 0 bridgehead atoms. The molecule has 0 spiro atoms. The molecule has 122 valence electrons. The molecule has 0 radical (unpaired) electrons. The number of hydrogen-bond acceptors (Lipinski definition) is 8. The molecular formula is C12H22N2O7. The maximum Gasteiger partial charge on any atom is 0.217 e. The van der Waals surface area contributed by atoms with Gasteiger partial charge in [0.15, 0.2) is 6.29 Å². The molecule has 1 aliphatic rings. The van der Waals surface area contributed by atoms with Gasteiger partial charge in [0.05, 0.1) is 19.3 Å². The van der Waals surface area contributed by atoms with Gasteiger partial charge in [-0.1, -0.05) is 0 Å². The number of ketones is 1. The second-order valence-electron chi connectivity index (χ2n) is 4.98. The van der Waals surface area contributed by atoms with Gasteiger partial charge in [-0.05, 0) is 6.92 Å². The highest BCUT2D eigenvalue weighted by Crippen LogP contribution is 2.22. The van der Waals surface area contributed by atoms with Crippen molar-refractivity contribution in [1.29, 1.82) is 0 Å². The SMILES string of the molecule is CC(=O)NC1C(OC[C@H](N)C(C)=O)OC(CO)C(O)C1O. The molecule has 6 atom stereocenters. The van der Waals surface area contributed by atoms with Gasteiger partial charge in [0.25, 0.3) is 0 Å². The quantitative estimate of drug-likeness (QED) is 0.345. The first-order valence-corrected chi connectivity index (χ1v) is 6.55. The Morgan fingerprint density at radius 1 is 1.33 bits per heavy atom. The standard InChI is InChI=1S/C12H22N2O7/c1-5(16)7(13)4-20-12-9(14-6(2)17)11(19)10(18)8(3-15)21-12/h7-12,15,18-19H,3-4,13H2,1-2H3,(H,14,17)/t7-,8?,9?,10?,11?,12?/m0/s1. The average molecular weight is 306 g/mol. The van der Waals surface area contributed by atoms with Gasteiger partial charge >= 0.3 is 0 Å². The van der Waals surface area contributed by atoms with Crippen LogP contribution in [0.5, 0.6) is 0 Å². The fraction of sp³-hybridized carbons (Fsp3) is 0.833. The normalized spacial score (nSPS) is 34.3. The maximum atomic E-state index is 11.2. The highest BCUT2D eigenvalue weighted by molar-refractivity contribution is 5.81. The third kappa shape index (κ3) is 4.70. The van der Waals surface area contributed by atoms with Gasteiger partial charge in [-0.25, -0.2) is 0 Å². The number of carbonyl (C=O) groups is 2. The van der Waals surface area contributed by atoms with Crippen LogP contribution in [0.25, 0.3) is 0 Å². The summed E-state index contributed by atoms with van der Waals surface area (Å²) in [4.78, 5) is 22.2. The number of amides is 1. The van der Waals surface area contributed by atoms with E-state index in [2.05, 4.69) is 5.32 Å². The van der Waals surface area contributed by atoms with Crippen LogP contribution in [0.3, 0.4) is 0 Å². The Balaban J connectivity index is 2.78. The van der Waals surface area contributed by atoms with Crippen LogP contribution in [0, 0.1) is 0 Å². The maximum absolute atomic E-state index is 11.2. The molecule has 0 aromatic heterocycles. The van der Waals surface area contributed by atoms with Crippen molar-refractivity contribution in [1.82, 2.24) is 5.32 Å². The lowest BCUT2D eigenvalue weighted by molar-refractivity contribution is -0.270. The van der Waals surface area contributed by atoms with Crippen molar-refractivity contribution < 1.29 is 34.4 Å². The molecule has 0 aliphatic carbocycles. The van der Waals surface area contributed by atoms with Crippen molar-refractivity contribution in [3.63, 3.8) is 0 Å². The monoisotopic (exact) mass is 306 g/mol. The summed E-state index contributed by atoms with van der Waals surface area (Å²) in [6.07, 6.45) is -4.98. The second kappa shape index (κ2) is 7.78. The molecule has 1 heterocycles. The van der Waals surface area contributed by atoms with Crippen molar-refractivity contribution in [2.45, 2.75) is 50.5 Å². The molecule has 0 saturated carbocycles. The molecule has 9 nitrogen and oxygen atoms in total. The third-order valence-electron chi connectivity index (χ3n) is 3.21. The molecule has 1 aliphatic heterocycles. The van der Waals surface area contributed by atoms with Gasteiger partial charge in [0, 0.05) is 6.92 Å². The lowest BCUT2D eigenvalue weighted by atomic mass is 9.97. The molecule has 1 amide bonds. The van der Waals surface area contributed by atoms with Gasteiger partial charge in [-0.2, -0.15) is 0 Å². The van der Waals surface area contributed by atoms with Crippen molar-refractivity contribution in [3.8, 4) is 0 Å². The Labute approximate surface area is 122 Å². The van der Waals surface area contributed by atoms with Crippen LogP contribution >= 0.6 is 0 Å². The Hall–Kier alpha value is -1.10.